The van der Waals surface area contributed by atoms with Crippen LogP contribution in [0.25, 0.3) is 0 Å². The van der Waals surface area contributed by atoms with Crippen molar-refractivity contribution in [2.45, 2.75) is 19.4 Å². The van der Waals surface area contributed by atoms with Crippen LogP contribution in [0.15, 0.2) is 72.8 Å². The van der Waals surface area contributed by atoms with Crippen molar-refractivity contribution in [3.63, 3.8) is 0 Å². The molecule has 1 saturated carbocycles. The molecule has 0 atom stereocenters. The third kappa shape index (κ3) is 5.48. The Morgan fingerprint density at radius 2 is 1.59 bits per heavy atom. The van der Waals surface area contributed by atoms with Crippen LogP contribution in [-0.4, -0.2) is 30.4 Å². The fourth-order valence-electron chi connectivity index (χ4n) is 3.42. The van der Waals surface area contributed by atoms with Crippen LogP contribution in [0.3, 0.4) is 0 Å². The Labute approximate surface area is 192 Å². The van der Waals surface area contributed by atoms with Gasteiger partial charge in [-0.05, 0) is 72.9 Å². The normalized spacial score (nSPS) is 12.8. The molecule has 0 saturated heterocycles. The second-order valence-corrected chi connectivity index (χ2v) is 8.28. The van der Waals surface area contributed by atoms with Gasteiger partial charge in [0.2, 0.25) is 0 Å². The fraction of sp³-hybridized carbons (Fsp3) is 0.231. The van der Waals surface area contributed by atoms with E-state index >= 15 is 0 Å². The van der Waals surface area contributed by atoms with Crippen molar-refractivity contribution in [1.29, 1.82) is 0 Å². The molecule has 1 amide bonds. The standard InChI is InChI=1S/C26H24ClNO4/c1-31-26(30)21-10-8-19(9-11-21)17-28(16-18-6-7-18)25(29)20-12-14-22(15-13-20)32-24-5-3-2-4-23(24)27/h2-5,8-15,18H,6-7,16-17H2,1H3. The quantitative estimate of drug-likeness (QED) is 0.397. The number of hydrogen-bond donors (Lipinski definition) is 0. The van der Waals surface area contributed by atoms with Gasteiger partial charge < -0.3 is 14.4 Å². The summed E-state index contributed by atoms with van der Waals surface area (Å²) >= 11 is 6.15. The Kier molecular flexibility index (Phi) is 6.76. The van der Waals surface area contributed by atoms with Gasteiger partial charge in [-0.1, -0.05) is 35.9 Å². The molecule has 6 heteroatoms. The van der Waals surface area contributed by atoms with Crippen LogP contribution in [0.1, 0.15) is 39.1 Å². The van der Waals surface area contributed by atoms with E-state index in [4.69, 9.17) is 21.1 Å². The number of carbonyl (C=O) groups excluding carboxylic acids is 2. The highest BCUT2D eigenvalue weighted by Crippen LogP contribution is 2.32. The number of nitrogens with zero attached hydrogens (tertiary/aromatic N) is 1. The van der Waals surface area contributed by atoms with E-state index in [1.165, 1.54) is 7.11 Å². The Balaban J connectivity index is 1.46. The van der Waals surface area contributed by atoms with Crippen LogP contribution in [-0.2, 0) is 11.3 Å². The lowest BCUT2D eigenvalue weighted by Crippen LogP contribution is -2.32. The van der Waals surface area contributed by atoms with E-state index in [1.807, 2.05) is 29.2 Å². The summed E-state index contributed by atoms with van der Waals surface area (Å²) in [7, 11) is 1.36. The number of rotatable bonds is 8. The van der Waals surface area contributed by atoms with Gasteiger partial charge in [0, 0.05) is 18.7 Å². The molecule has 1 aliphatic carbocycles. The van der Waals surface area contributed by atoms with Gasteiger partial charge in [-0.2, -0.15) is 0 Å². The largest absolute Gasteiger partial charge is 0.465 e. The summed E-state index contributed by atoms with van der Waals surface area (Å²) in [5.41, 5.74) is 2.05. The predicted octanol–water partition coefficient (Wildman–Crippen LogP) is 5.97. The van der Waals surface area contributed by atoms with Gasteiger partial charge in [-0.3, -0.25) is 4.79 Å². The van der Waals surface area contributed by atoms with Crippen LogP contribution in [0.4, 0.5) is 0 Å². The first-order chi connectivity index (χ1) is 15.5. The van der Waals surface area contributed by atoms with E-state index in [0.717, 1.165) is 24.9 Å². The summed E-state index contributed by atoms with van der Waals surface area (Å²) in [4.78, 5) is 26.8. The molecule has 4 rings (SSSR count). The van der Waals surface area contributed by atoms with Gasteiger partial charge in [0.25, 0.3) is 5.91 Å². The van der Waals surface area contributed by atoms with E-state index in [9.17, 15) is 9.59 Å². The molecule has 0 N–H and O–H groups in total. The number of ether oxygens (including phenoxy) is 2. The highest BCUT2D eigenvalue weighted by molar-refractivity contribution is 6.32. The minimum atomic E-state index is -0.374. The third-order valence-electron chi connectivity index (χ3n) is 5.38. The number of halogens is 1. The molecule has 0 aromatic heterocycles. The van der Waals surface area contributed by atoms with E-state index in [1.54, 1.807) is 48.5 Å². The van der Waals surface area contributed by atoms with Gasteiger partial charge in [-0.25, -0.2) is 4.79 Å². The highest BCUT2D eigenvalue weighted by Gasteiger charge is 2.27. The minimum absolute atomic E-state index is 0.0294. The maximum Gasteiger partial charge on any atom is 0.337 e. The molecule has 0 bridgehead atoms. The van der Waals surface area contributed by atoms with Crippen molar-refractivity contribution in [2.24, 2.45) is 5.92 Å². The SMILES string of the molecule is COC(=O)c1ccc(CN(CC2CC2)C(=O)c2ccc(Oc3ccccc3Cl)cc2)cc1. The average molecular weight is 450 g/mol. The smallest absolute Gasteiger partial charge is 0.337 e. The van der Waals surface area contributed by atoms with Crippen molar-refractivity contribution in [3.8, 4) is 11.5 Å². The van der Waals surface area contributed by atoms with E-state index in [2.05, 4.69) is 0 Å². The number of hydrogen-bond acceptors (Lipinski definition) is 4. The lowest BCUT2D eigenvalue weighted by Gasteiger charge is -2.23. The molecular weight excluding hydrogens is 426 g/mol. The van der Waals surface area contributed by atoms with Gasteiger partial charge in [0.15, 0.2) is 0 Å². The van der Waals surface area contributed by atoms with Crippen LogP contribution < -0.4 is 4.74 Å². The Morgan fingerprint density at radius 3 is 2.22 bits per heavy atom. The first-order valence-electron chi connectivity index (χ1n) is 10.5. The first kappa shape index (κ1) is 21.9. The summed E-state index contributed by atoms with van der Waals surface area (Å²) < 4.78 is 10.6. The monoisotopic (exact) mass is 449 g/mol. The molecular formula is C26H24ClNO4. The summed E-state index contributed by atoms with van der Waals surface area (Å²) in [6.07, 6.45) is 2.30. The van der Waals surface area contributed by atoms with E-state index < -0.39 is 0 Å². The minimum Gasteiger partial charge on any atom is -0.465 e. The van der Waals surface area contributed by atoms with Crippen molar-refractivity contribution in [2.75, 3.05) is 13.7 Å². The molecule has 0 spiro atoms. The molecule has 3 aromatic rings. The molecule has 1 aliphatic rings. The maximum atomic E-state index is 13.2. The second kappa shape index (κ2) is 9.88. The molecule has 0 radical (unpaired) electrons. The average Bonchev–Trinajstić information content (AvgIpc) is 3.64. The van der Waals surface area contributed by atoms with Crippen molar-refractivity contribution < 1.29 is 19.1 Å². The zero-order chi connectivity index (χ0) is 22.5. The lowest BCUT2D eigenvalue weighted by molar-refractivity contribution is 0.0600. The van der Waals surface area contributed by atoms with Crippen LogP contribution >= 0.6 is 11.6 Å². The van der Waals surface area contributed by atoms with Gasteiger partial charge in [0.05, 0.1) is 17.7 Å². The van der Waals surface area contributed by atoms with Crippen LogP contribution in [0.2, 0.25) is 5.02 Å². The van der Waals surface area contributed by atoms with Crippen LogP contribution in [0.5, 0.6) is 11.5 Å². The third-order valence-corrected chi connectivity index (χ3v) is 5.69. The Morgan fingerprint density at radius 1 is 0.938 bits per heavy atom. The number of esters is 1. The first-order valence-corrected chi connectivity index (χ1v) is 10.9. The maximum absolute atomic E-state index is 13.2. The molecule has 0 heterocycles. The van der Waals surface area contributed by atoms with Gasteiger partial charge >= 0.3 is 5.97 Å². The number of amides is 1. The van der Waals surface area contributed by atoms with Crippen molar-refractivity contribution in [3.05, 3.63) is 94.5 Å². The Hall–Kier alpha value is -3.31. The zero-order valence-corrected chi connectivity index (χ0v) is 18.5. The molecule has 164 valence electrons. The second-order valence-electron chi connectivity index (χ2n) is 7.87. The van der Waals surface area contributed by atoms with Gasteiger partial charge in [-0.15, -0.1) is 0 Å². The molecule has 0 aliphatic heterocycles. The summed E-state index contributed by atoms with van der Waals surface area (Å²) in [5, 5.41) is 0.529. The lowest BCUT2D eigenvalue weighted by atomic mass is 10.1. The zero-order valence-electron chi connectivity index (χ0n) is 17.8. The molecule has 0 unspecified atom stereocenters. The van der Waals surface area contributed by atoms with E-state index in [0.29, 0.717) is 40.1 Å². The topological polar surface area (TPSA) is 55.8 Å². The predicted molar refractivity (Wildman–Crippen MR) is 123 cm³/mol. The molecule has 32 heavy (non-hydrogen) atoms. The number of methoxy groups -OCH3 is 1. The van der Waals surface area contributed by atoms with Gasteiger partial charge in [0.1, 0.15) is 11.5 Å². The Bertz CT molecular complexity index is 1090. The highest BCUT2D eigenvalue weighted by atomic mass is 35.5. The van der Waals surface area contributed by atoms with Crippen molar-refractivity contribution in [1.82, 2.24) is 4.90 Å². The number of carbonyl (C=O) groups is 2. The fourth-order valence-corrected chi connectivity index (χ4v) is 3.59. The summed E-state index contributed by atoms with van der Waals surface area (Å²) in [6, 6.07) is 21.5. The van der Waals surface area contributed by atoms with Crippen LogP contribution in [0, 0.1) is 5.92 Å². The summed E-state index contributed by atoms with van der Waals surface area (Å²) in [6.45, 7) is 1.20. The number of para-hydroxylation sites is 1. The molecule has 3 aromatic carbocycles. The van der Waals surface area contributed by atoms with Crippen molar-refractivity contribution >= 4 is 23.5 Å². The summed E-state index contributed by atoms with van der Waals surface area (Å²) in [5.74, 6) is 1.33. The molecule has 5 nitrogen and oxygen atoms in total. The number of benzene rings is 3. The molecule has 1 fully saturated rings. The van der Waals surface area contributed by atoms with E-state index in [-0.39, 0.29) is 11.9 Å².